The van der Waals surface area contributed by atoms with Gasteiger partial charge in [0.25, 0.3) is 0 Å². The average molecular weight is 392 g/mol. The highest BCUT2D eigenvalue weighted by atomic mass is 16.4. The Morgan fingerprint density at radius 2 is 0.893 bits per heavy atom. The SMILES string of the molecule is Nc1c(C(=O)O)cc(-c2cc(C(=O)O)c(N)c(C(=O)O)c2O)c(O)c1C(=O)O. The highest BCUT2D eigenvalue weighted by molar-refractivity contribution is 6.10. The highest BCUT2D eigenvalue weighted by Crippen LogP contribution is 2.44. The number of benzene rings is 2. The van der Waals surface area contributed by atoms with Crippen LogP contribution in [0.2, 0.25) is 0 Å². The van der Waals surface area contributed by atoms with Gasteiger partial charge in [-0.25, -0.2) is 19.2 Å². The number of hydrogen-bond acceptors (Lipinski definition) is 8. The van der Waals surface area contributed by atoms with Crippen LogP contribution in [0.5, 0.6) is 11.5 Å². The molecule has 12 heteroatoms. The molecular weight excluding hydrogens is 380 g/mol. The summed E-state index contributed by atoms with van der Waals surface area (Å²) < 4.78 is 0. The monoisotopic (exact) mass is 392 g/mol. The van der Waals surface area contributed by atoms with Crippen molar-refractivity contribution in [3.63, 3.8) is 0 Å². The smallest absolute Gasteiger partial charge is 0.341 e. The van der Waals surface area contributed by atoms with Gasteiger partial charge in [0, 0.05) is 11.1 Å². The molecule has 0 heterocycles. The maximum Gasteiger partial charge on any atom is 0.341 e. The van der Waals surface area contributed by atoms with Crippen molar-refractivity contribution in [2.75, 3.05) is 11.5 Å². The molecule has 2 aromatic rings. The minimum atomic E-state index is -1.81. The number of aromatic carboxylic acids is 4. The van der Waals surface area contributed by atoms with Crippen LogP contribution in [0.15, 0.2) is 12.1 Å². The Hall–Kier alpha value is -4.48. The van der Waals surface area contributed by atoms with Gasteiger partial charge in [0.05, 0.1) is 22.5 Å². The van der Waals surface area contributed by atoms with E-state index >= 15 is 0 Å². The normalized spacial score (nSPS) is 10.4. The molecule has 0 atom stereocenters. The van der Waals surface area contributed by atoms with Crippen molar-refractivity contribution in [2.24, 2.45) is 0 Å². The standard InChI is InChI=1S/C16H12N2O10/c17-9-5(13(21)22)1-3(11(19)7(9)15(25)26)4-2-6(14(23)24)10(18)8(12(4)20)16(27)28/h1-2,19-20H,17-18H2,(H,21,22)(H,23,24)(H,25,26)(H,27,28). The van der Waals surface area contributed by atoms with Gasteiger partial charge in [0.15, 0.2) is 0 Å². The Balaban J connectivity index is 3.08. The van der Waals surface area contributed by atoms with Crippen molar-refractivity contribution >= 4 is 35.3 Å². The molecule has 146 valence electrons. The van der Waals surface area contributed by atoms with Crippen LogP contribution >= 0.6 is 0 Å². The van der Waals surface area contributed by atoms with Gasteiger partial charge in [-0.1, -0.05) is 0 Å². The zero-order valence-electron chi connectivity index (χ0n) is 13.6. The molecule has 10 N–H and O–H groups in total. The second-order valence-electron chi connectivity index (χ2n) is 5.44. The molecule has 2 rings (SSSR count). The van der Waals surface area contributed by atoms with Gasteiger partial charge < -0.3 is 42.1 Å². The molecule has 0 aliphatic carbocycles. The first kappa shape index (κ1) is 19.8. The van der Waals surface area contributed by atoms with Gasteiger partial charge in [-0.3, -0.25) is 0 Å². The van der Waals surface area contributed by atoms with E-state index in [-0.39, 0.29) is 0 Å². The van der Waals surface area contributed by atoms with Crippen LogP contribution in [-0.4, -0.2) is 54.5 Å². The first-order valence-electron chi connectivity index (χ1n) is 7.14. The second-order valence-corrected chi connectivity index (χ2v) is 5.44. The van der Waals surface area contributed by atoms with E-state index in [0.29, 0.717) is 12.1 Å². The van der Waals surface area contributed by atoms with E-state index in [0.717, 1.165) is 0 Å². The van der Waals surface area contributed by atoms with Gasteiger partial charge in [-0.2, -0.15) is 0 Å². The Morgan fingerprint density at radius 3 is 1.11 bits per heavy atom. The zero-order chi connectivity index (χ0) is 21.5. The molecule has 2 aromatic carbocycles. The largest absolute Gasteiger partial charge is 0.506 e. The number of carboxylic acids is 4. The molecule has 0 saturated carbocycles. The van der Waals surface area contributed by atoms with Crippen molar-refractivity contribution in [3.8, 4) is 22.6 Å². The number of carbonyl (C=O) groups is 4. The Labute approximate surface area is 154 Å². The lowest BCUT2D eigenvalue weighted by Gasteiger charge is -2.16. The fraction of sp³-hybridized carbons (Fsp3) is 0. The van der Waals surface area contributed by atoms with Gasteiger partial charge in [-0.15, -0.1) is 0 Å². The fourth-order valence-corrected chi connectivity index (χ4v) is 2.57. The summed E-state index contributed by atoms with van der Waals surface area (Å²) in [5.74, 6) is -9.22. The van der Waals surface area contributed by atoms with Crippen LogP contribution < -0.4 is 11.5 Å². The van der Waals surface area contributed by atoms with Gasteiger partial charge in [-0.05, 0) is 12.1 Å². The Morgan fingerprint density at radius 1 is 0.607 bits per heavy atom. The molecule has 0 spiro atoms. The van der Waals surface area contributed by atoms with Crippen molar-refractivity contribution in [2.45, 2.75) is 0 Å². The van der Waals surface area contributed by atoms with E-state index in [4.69, 9.17) is 11.5 Å². The molecule has 0 aromatic heterocycles. The summed E-state index contributed by atoms with van der Waals surface area (Å²) >= 11 is 0. The number of nitrogen functional groups attached to an aromatic ring is 2. The number of phenols is 2. The van der Waals surface area contributed by atoms with Crippen molar-refractivity contribution in [3.05, 3.63) is 34.4 Å². The van der Waals surface area contributed by atoms with E-state index in [9.17, 15) is 49.8 Å². The summed E-state index contributed by atoms with van der Waals surface area (Å²) in [6.07, 6.45) is 0. The second kappa shape index (κ2) is 6.68. The van der Waals surface area contributed by atoms with Gasteiger partial charge >= 0.3 is 23.9 Å². The maximum absolute atomic E-state index is 11.4. The molecule has 12 nitrogen and oxygen atoms in total. The lowest BCUT2D eigenvalue weighted by atomic mass is 9.92. The van der Waals surface area contributed by atoms with Crippen LogP contribution in [0.1, 0.15) is 41.4 Å². The minimum Gasteiger partial charge on any atom is -0.506 e. The number of nitrogens with two attached hydrogens (primary N) is 2. The van der Waals surface area contributed by atoms with Gasteiger partial charge in [0.1, 0.15) is 22.6 Å². The predicted octanol–water partition coefficient (Wildman–Crippen LogP) is 0.722. The van der Waals surface area contributed by atoms with Gasteiger partial charge in [0.2, 0.25) is 0 Å². The van der Waals surface area contributed by atoms with E-state index in [1.807, 2.05) is 0 Å². The van der Waals surface area contributed by atoms with E-state index in [1.165, 1.54) is 0 Å². The van der Waals surface area contributed by atoms with E-state index < -0.39 is 80.1 Å². The molecule has 0 bridgehead atoms. The molecule has 0 radical (unpaired) electrons. The molecule has 0 amide bonds. The molecule has 0 unspecified atom stereocenters. The molecule has 0 aliphatic rings. The first-order chi connectivity index (χ1) is 12.9. The minimum absolute atomic E-state index is 0.669. The van der Waals surface area contributed by atoms with Crippen LogP contribution in [-0.2, 0) is 0 Å². The highest BCUT2D eigenvalue weighted by Gasteiger charge is 2.30. The number of rotatable bonds is 5. The first-order valence-corrected chi connectivity index (χ1v) is 7.14. The zero-order valence-corrected chi connectivity index (χ0v) is 13.6. The molecule has 28 heavy (non-hydrogen) atoms. The number of carboxylic acid groups (broad SMARTS) is 4. The summed E-state index contributed by atoms with van der Waals surface area (Å²) in [4.78, 5) is 45.5. The van der Waals surface area contributed by atoms with Crippen LogP contribution in [0.4, 0.5) is 11.4 Å². The predicted molar refractivity (Wildman–Crippen MR) is 91.9 cm³/mol. The maximum atomic E-state index is 11.4. The average Bonchev–Trinajstić information content (AvgIpc) is 2.54. The molecule has 0 fully saturated rings. The summed E-state index contributed by atoms with van der Waals surface area (Å²) in [6.45, 7) is 0. The summed E-state index contributed by atoms with van der Waals surface area (Å²) in [5, 5.41) is 57.4. The summed E-state index contributed by atoms with van der Waals surface area (Å²) in [5.41, 5.74) is 4.35. The Kier molecular flexibility index (Phi) is 4.73. The topological polar surface area (TPSA) is 242 Å². The Bertz CT molecular complexity index is 989. The van der Waals surface area contributed by atoms with Crippen LogP contribution in [0, 0.1) is 0 Å². The summed E-state index contributed by atoms with van der Waals surface area (Å²) in [6, 6.07) is 1.34. The number of aromatic hydroxyl groups is 2. The molecule has 0 saturated heterocycles. The van der Waals surface area contributed by atoms with Crippen LogP contribution in [0.25, 0.3) is 11.1 Å². The van der Waals surface area contributed by atoms with Crippen molar-refractivity contribution in [1.82, 2.24) is 0 Å². The third kappa shape index (κ3) is 2.94. The van der Waals surface area contributed by atoms with E-state index in [2.05, 4.69) is 0 Å². The quantitative estimate of drug-likeness (QED) is 0.328. The third-order valence-corrected chi connectivity index (χ3v) is 3.86. The third-order valence-electron chi connectivity index (χ3n) is 3.86. The number of hydrogen-bond donors (Lipinski definition) is 8. The fourth-order valence-electron chi connectivity index (χ4n) is 2.57. The molecule has 0 aliphatic heterocycles. The lowest BCUT2D eigenvalue weighted by Crippen LogP contribution is -2.12. The lowest BCUT2D eigenvalue weighted by molar-refractivity contribution is 0.0675. The van der Waals surface area contributed by atoms with Crippen molar-refractivity contribution in [1.29, 1.82) is 0 Å². The summed E-state index contributed by atoms with van der Waals surface area (Å²) in [7, 11) is 0. The number of anilines is 2. The van der Waals surface area contributed by atoms with Crippen LogP contribution in [0.3, 0.4) is 0 Å². The van der Waals surface area contributed by atoms with Crippen molar-refractivity contribution < 1.29 is 49.8 Å². The molecular formula is C16H12N2O10. The van der Waals surface area contributed by atoms with E-state index in [1.54, 1.807) is 0 Å².